The number of halogens is 1. The van der Waals surface area contributed by atoms with E-state index in [4.69, 9.17) is 21.1 Å². The fourth-order valence-corrected chi connectivity index (χ4v) is 2.21. The highest BCUT2D eigenvalue weighted by Crippen LogP contribution is 2.27. The van der Waals surface area contributed by atoms with Crippen molar-refractivity contribution in [2.24, 2.45) is 0 Å². The molecule has 0 aliphatic heterocycles. The number of nitro groups is 1. The van der Waals surface area contributed by atoms with E-state index in [9.17, 15) is 14.9 Å². The number of benzene rings is 2. The van der Waals surface area contributed by atoms with Gasteiger partial charge in [0.25, 0.3) is 11.6 Å². The summed E-state index contributed by atoms with van der Waals surface area (Å²) in [6.07, 6.45) is 0. The summed E-state index contributed by atoms with van der Waals surface area (Å²) >= 11 is 5.76. The molecule has 0 aromatic heterocycles. The van der Waals surface area contributed by atoms with Crippen molar-refractivity contribution < 1.29 is 19.2 Å². The molecule has 2 aromatic carbocycles. The van der Waals surface area contributed by atoms with Gasteiger partial charge in [0.05, 0.1) is 11.5 Å². The standard InChI is InChI=1S/C17H17ClN2O5/c1-2-24-8-9-25-14-5-3-4-12(10-14)17(21)19-13-6-7-15(18)16(11-13)20(22)23/h3-7,10-11H,2,8-9H2,1H3,(H,19,21). The zero-order valence-corrected chi connectivity index (χ0v) is 14.3. The lowest BCUT2D eigenvalue weighted by molar-refractivity contribution is -0.384. The lowest BCUT2D eigenvalue weighted by atomic mass is 10.2. The Morgan fingerprint density at radius 3 is 2.76 bits per heavy atom. The van der Waals surface area contributed by atoms with Crippen LogP contribution in [0.25, 0.3) is 0 Å². The van der Waals surface area contributed by atoms with Gasteiger partial charge >= 0.3 is 0 Å². The van der Waals surface area contributed by atoms with Crippen LogP contribution >= 0.6 is 11.6 Å². The number of nitrogens with one attached hydrogen (secondary N) is 1. The first-order valence-electron chi connectivity index (χ1n) is 7.57. The minimum absolute atomic E-state index is 0.00712. The van der Waals surface area contributed by atoms with E-state index < -0.39 is 10.8 Å². The number of rotatable bonds is 8. The van der Waals surface area contributed by atoms with Crippen LogP contribution in [0, 0.1) is 10.1 Å². The van der Waals surface area contributed by atoms with Crippen LogP contribution in [0.3, 0.4) is 0 Å². The summed E-state index contributed by atoms with van der Waals surface area (Å²) in [5.41, 5.74) is 0.378. The van der Waals surface area contributed by atoms with Crippen LogP contribution in [0.1, 0.15) is 17.3 Å². The van der Waals surface area contributed by atoms with E-state index in [0.717, 1.165) is 0 Å². The highest BCUT2D eigenvalue weighted by atomic mass is 35.5. The molecule has 0 radical (unpaired) electrons. The smallest absolute Gasteiger partial charge is 0.289 e. The van der Waals surface area contributed by atoms with Gasteiger partial charge in [-0.05, 0) is 37.3 Å². The maximum absolute atomic E-state index is 12.3. The van der Waals surface area contributed by atoms with Crippen molar-refractivity contribution in [1.82, 2.24) is 0 Å². The minimum atomic E-state index is -0.606. The van der Waals surface area contributed by atoms with Gasteiger partial charge in [0.15, 0.2) is 0 Å². The van der Waals surface area contributed by atoms with Crippen molar-refractivity contribution >= 4 is 28.9 Å². The predicted molar refractivity (Wildman–Crippen MR) is 94.5 cm³/mol. The number of nitro benzene ring substituents is 1. The molecule has 0 saturated carbocycles. The molecule has 2 rings (SSSR count). The van der Waals surface area contributed by atoms with Crippen LogP contribution in [-0.2, 0) is 4.74 Å². The highest BCUT2D eigenvalue weighted by molar-refractivity contribution is 6.32. The van der Waals surface area contributed by atoms with Crippen LogP contribution in [0.2, 0.25) is 5.02 Å². The van der Waals surface area contributed by atoms with Crippen molar-refractivity contribution in [2.45, 2.75) is 6.92 Å². The maximum Gasteiger partial charge on any atom is 0.289 e. The molecule has 7 nitrogen and oxygen atoms in total. The van der Waals surface area contributed by atoms with E-state index in [1.165, 1.54) is 18.2 Å². The van der Waals surface area contributed by atoms with Crippen LogP contribution in [-0.4, -0.2) is 30.7 Å². The van der Waals surface area contributed by atoms with Gasteiger partial charge in [-0.25, -0.2) is 0 Å². The van der Waals surface area contributed by atoms with Crippen molar-refractivity contribution in [3.05, 3.63) is 63.2 Å². The molecular formula is C17H17ClN2O5. The number of carbonyl (C=O) groups excluding carboxylic acids is 1. The van der Waals surface area contributed by atoms with Gasteiger partial charge in [-0.1, -0.05) is 17.7 Å². The van der Waals surface area contributed by atoms with E-state index >= 15 is 0 Å². The third kappa shape index (κ3) is 5.44. The lowest BCUT2D eigenvalue weighted by Gasteiger charge is -2.09. The molecule has 1 amide bonds. The van der Waals surface area contributed by atoms with Crippen molar-refractivity contribution in [2.75, 3.05) is 25.1 Å². The van der Waals surface area contributed by atoms with Gasteiger partial charge in [-0.2, -0.15) is 0 Å². The molecule has 0 atom stereocenters. The Bertz CT molecular complexity index is 766. The van der Waals surface area contributed by atoms with Crippen LogP contribution in [0.5, 0.6) is 5.75 Å². The van der Waals surface area contributed by atoms with Gasteiger partial charge in [0.2, 0.25) is 0 Å². The van der Waals surface area contributed by atoms with Crippen LogP contribution in [0.15, 0.2) is 42.5 Å². The number of hydrogen-bond acceptors (Lipinski definition) is 5. The summed E-state index contributed by atoms with van der Waals surface area (Å²) in [5.74, 6) is 0.126. The fraction of sp³-hybridized carbons (Fsp3) is 0.235. The zero-order chi connectivity index (χ0) is 18.2. The Balaban J connectivity index is 2.06. The highest BCUT2D eigenvalue weighted by Gasteiger charge is 2.14. The minimum Gasteiger partial charge on any atom is -0.491 e. The summed E-state index contributed by atoms with van der Waals surface area (Å²) in [5, 5.41) is 13.5. The van der Waals surface area contributed by atoms with E-state index in [0.29, 0.717) is 31.1 Å². The van der Waals surface area contributed by atoms with Crippen LogP contribution in [0.4, 0.5) is 11.4 Å². The second-order valence-corrected chi connectivity index (χ2v) is 5.36. The first-order chi connectivity index (χ1) is 12.0. The van der Waals surface area contributed by atoms with E-state index in [1.807, 2.05) is 6.92 Å². The predicted octanol–water partition coefficient (Wildman–Crippen LogP) is 3.92. The molecule has 0 spiro atoms. The normalized spacial score (nSPS) is 10.3. The molecule has 0 aliphatic rings. The molecule has 132 valence electrons. The molecule has 0 saturated heterocycles. The molecule has 0 heterocycles. The average Bonchev–Trinajstić information content (AvgIpc) is 2.60. The number of amides is 1. The molecule has 8 heteroatoms. The molecule has 0 unspecified atom stereocenters. The molecular weight excluding hydrogens is 348 g/mol. The van der Waals surface area contributed by atoms with Crippen LogP contribution < -0.4 is 10.1 Å². The summed E-state index contributed by atoms with van der Waals surface area (Å²) in [7, 11) is 0. The van der Waals surface area contributed by atoms with Gasteiger partial charge in [-0.15, -0.1) is 0 Å². The summed E-state index contributed by atoms with van der Waals surface area (Å²) < 4.78 is 10.7. The fourth-order valence-electron chi connectivity index (χ4n) is 2.02. The molecule has 1 N–H and O–H groups in total. The number of hydrogen-bond donors (Lipinski definition) is 1. The number of anilines is 1. The largest absolute Gasteiger partial charge is 0.491 e. The molecule has 0 fully saturated rings. The van der Waals surface area contributed by atoms with E-state index in [-0.39, 0.29) is 16.4 Å². The Labute approximate surface area is 149 Å². The Hall–Kier alpha value is -2.64. The van der Waals surface area contributed by atoms with Gasteiger partial charge in [0, 0.05) is 23.9 Å². The Morgan fingerprint density at radius 2 is 2.04 bits per heavy atom. The lowest BCUT2D eigenvalue weighted by Crippen LogP contribution is -2.12. The zero-order valence-electron chi connectivity index (χ0n) is 13.5. The second kappa shape index (κ2) is 9.00. The number of carbonyl (C=O) groups is 1. The third-order valence-electron chi connectivity index (χ3n) is 3.20. The van der Waals surface area contributed by atoms with E-state index in [1.54, 1.807) is 24.3 Å². The summed E-state index contributed by atoms with van der Waals surface area (Å²) in [6.45, 7) is 3.34. The quantitative estimate of drug-likeness (QED) is 0.435. The van der Waals surface area contributed by atoms with Crippen molar-refractivity contribution in [3.8, 4) is 5.75 Å². The number of nitrogens with zero attached hydrogens (tertiary/aromatic N) is 1. The molecule has 0 aliphatic carbocycles. The third-order valence-corrected chi connectivity index (χ3v) is 3.52. The molecule has 0 bridgehead atoms. The maximum atomic E-state index is 12.3. The second-order valence-electron chi connectivity index (χ2n) is 4.95. The Morgan fingerprint density at radius 1 is 1.24 bits per heavy atom. The SMILES string of the molecule is CCOCCOc1cccc(C(=O)Nc2ccc(Cl)c([N+](=O)[O-])c2)c1. The number of ether oxygens (including phenoxy) is 2. The summed E-state index contributed by atoms with van der Waals surface area (Å²) in [6, 6.07) is 10.7. The Kier molecular flexibility index (Phi) is 6.73. The van der Waals surface area contributed by atoms with Gasteiger partial charge in [-0.3, -0.25) is 14.9 Å². The topological polar surface area (TPSA) is 90.7 Å². The van der Waals surface area contributed by atoms with E-state index in [2.05, 4.69) is 5.32 Å². The van der Waals surface area contributed by atoms with Crippen molar-refractivity contribution in [1.29, 1.82) is 0 Å². The first kappa shape index (κ1) is 18.7. The monoisotopic (exact) mass is 364 g/mol. The summed E-state index contributed by atoms with van der Waals surface area (Å²) in [4.78, 5) is 22.6. The average molecular weight is 365 g/mol. The van der Waals surface area contributed by atoms with Crippen molar-refractivity contribution in [3.63, 3.8) is 0 Å². The van der Waals surface area contributed by atoms with Gasteiger partial charge < -0.3 is 14.8 Å². The first-order valence-corrected chi connectivity index (χ1v) is 7.95. The van der Waals surface area contributed by atoms with Gasteiger partial charge in [0.1, 0.15) is 17.4 Å². The molecule has 25 heavy (non-hydrogen) atoms. The molecule has 2 aromatic rings.